The van der Waals surface area contributed by atoms with Crippen molar-refractivity contribution in [1.82, 2.24) is 14.6 Å². The molecule has 10 heteroatoms. The number of aryl methyl sites for hydroxylation is 1. The van der Waals surface area contributed by atoms with Crippen LogP contribution in [0.5, 0.6) is 0 Å². The van der Waals surface area contributed by atoms with E-state index in [4.69, 9.17) is 0 Å². The molecule has 1 fully saturated rings. The van der Waals surface area contributed by atoms with Gasteiger partial charge in [0.2, 0.25) is 10.0 Å². The Morgan fingerprint density at radius 3 is 2.57 bits per heavy atom. The van der Waals surface area contributed by atoms with E-state index in [-0.39, 0.29) is 17.0 Å². The molecule has 1 aliphatic rings. The minimum Gasteiger partial charge on any atom is -0.324 e. The lowest BCUT2D eigenvalue weighted by atomic mass is 10.1. The van der Waals surface area contributed by atoms with Crippen molar-refractivity contribution in [3.05, 3.63) is 53.3 Å². The number of carbonyl (C=O) groups is 1. The Morgan fingerprint density at radius 2 is 1.87 bits per heavy atom. The molecule has 0 atom stereocenters. The van der Waals surface area contributed by atoms with Gasteiger partial charge in [0.1, 0.15) is 5.82 Å². The molecule has 1 saturated heterocycles. The van der Waals surface area contributed by atoms with Gasteiger partial charge in [-0.25, -0.2) is 27.3 Å². The van der Waals surface area contributed by atoms with Gasteiger partial charge in [-0.05, 0) is 62.2 Å². The molecule has 0 bridgehead atoms. The molecule has 0 unspecified atom stereocenters. The lowest BCUT2D eigenvalue weighted by Crippen LogP contribution is -2.47. The summed E-state index contributed by atoms with van der Waals surface area (Å²) in [4.78, 5) is 18.7. The van der Waals surface area contributed by atoms with Crippen molar-refractivity contribution in [2.24, 2.45) is 0 Å². The number of fused-ring (bicyclic) bond motifs is 1. The molecule has 158 valence electrons. The van der Waals surface area contributed by atoms with Crippen LogP contribution < -0.4 is 10.0 Å². The second-order valence-electron chi connectivity index (χ2n) is 7.18. The highest BCUT2D eigenvalue weighted by Gasteiger charge is 2.27. The topological polar surface area (TPSA) is 91.4 Å². The van der Waals surface area contributed by atoms with Crippen molar-refractivity contribution in [2.45, 2.75) is 30.7 Å². The third kappa shape index (κ3) is 4.61. The molecule has 1 aliphatic heterocycles. The lowest BCUT2D eigenvalue weighted by Gasteiger charge is -2.32. The number of hydrogen-bond acceptors (Lipinski definition) is 5. The molecule has 0 aliphatic carbocycles. The third-order valence-corrected chi connectivity index (χ3v) is 7.44. The molecule has 7 nitrogen and oxygen atoms in total. The monoisotopic (exact) mass is 448 g/mol. The van der Waals surface area contributed by atoms with Crippen molar-refractivity contribution >= 4 is 43.3 Å². The summed E-state index contributed by atoms with van der Waals surface area (Å²) in [5, 5.41) is 3.87. The number of nitrogens with zero attached hydrogens (tertiary/aromatic N) is 2. The number of urea groups is 1. The summed E-state index contributed by atoms with van der Waals surface area (Å²) >= 11 is 1.57. The summed E-state index contributed by atoms with van der Waals surface area (Å²) in [6, 6.07) is 9.83. The molecule has 3 aromatic rings. The molecule has 0 spiro atoms. The SMILES string of the molecule is Cc1nc2ccc(NC(=O)N3CCC(NS(=O)(=O)c4ccc(F)cc4)CC3)cc2s1. The third-order valence-electron chi connectivity index (χ3n) is 4.97. The molecule has 2 heterocycles. The highest BCUT2D eigenvalue weighted by molar-refractivity contribution is 7.89. The smallest absolute Gasteiger partial charge is 0.321 e. The number of hydrogen-bond donors (Lipinski definition) is 2. The summed E-state index contributed by atoms with van der Waals surface area (Å²) < 4.78 is 41.6. The second-order valence-corrected chi connectivity index (χ2v) is 10.1. The molecule has 2 N–H and O–H groups in total. The normalized spacial score (nSPS) is 15.5. The lowest BCUT2D eigenvalue weighted by molar-refractivity contribution is 0.193. The molecule has 2 aromatic carbocycles. The Bertz CT molecular complexity index is 1170. The number of halogens is 1. The number of aromatic nitrogens is 1. The average molecular weight is 449 g/mol. The molecule has 30 heavy (non-hydrogen) atoms. The van der Waals surface area contributed by atoms with E-state index < -0.39 is 15.8 Å². The van der Waals surface area contributed by atoms with Gasteiger partial charge >= 0.3 is 6.03 Å². The fraction of sp³-hybridized carbons (Fsp3) is 0.300. The number of anilines is 1. The van der Waals surface area contributed by atoms with Gasteiger partial charge in [-0.1, -0.05) is 0 Å². The van der Waals surface area contributed by atoms with Crippen LogP contribution in [0.3, 0.4) is 0 Å². The van der Waals surface area contributed by atoms with Crippen LogP contribution >= 0.6 is 11.3 Å². The van der Waals surface area contributed by atoms with Crippen molar-refractivity contribution in [1.29, 1.82) is 0 Å². The van der Waals surface area contributed by atoms with Gasteiger partial charge in [-0.2, -0.15) is 0 Å². The maximum absolute atomic E-state index is 13.0. The Morgan fingerprint density at radius 1 is 1.17 bits per heavy atom. The Kier molecular flexibility index (Phi) is 5.72. The van der Waals surface area contributed by atoms with Crippen molar-refractivity contribution in [3.63, 3.8) is 0 Å². The first kappa shape index (κ1) is 20.7. The van der Waals surface area contributed by atoms with Gasteiger partial charge < -0.3 is 10.2 Å². The molecule has 0 saturated carbocycles. The first-order valence-corrected chi connectivity index (χ1v) is 11.8. The van der Waals surface area contributed by atoms with E-state index in [1.165, 1.54) is 12.1 Å². The number of carbonyl (C=O) groups excluding carboxylic acids is 1. The minimum absolute atomic E-state index is 0.0257. The van der Waals surface area contributed by atoms with E-state index >= 15 is 0 Å². The average Bonchev–Trinajstić information content (AvgIpc) is 3.08. The van der Waals surface area contributed by atoms with Crippen molar-refractivity contribution in [3.8, 4) is 0 Å². The van der Waals surface area contributed by atoms with E-state index in [1.54, 1.807) is 16.2 Å². The number of sulfonamides is 1. The van der Waals surface area contributed by atoms with E-state index in [1.807, 2.05) is 25.1 Å². The molecule has 1 aromatic heterocycles. The predicted molar refractivity (Wildman–Crippen MR) is 115 cm³/mol. The summed E-state index contributed by atoms with van der Waals surface area (Å²) in [7, 11) is -3.72. The second kappa shape index (κ2) is 8.29. The van der Waals surface area contributed by atoms with E-state index in [2.05, 4.69) is 15.0 Å². The molecule has 4 rings (SSSR count). The number of benzene rings is 2. The van der Waals surface area contributed by atoms with Crippen molar-refractivity contribution in [2.75, 3.05) is 18.4 Å². The maximum atomic E-state index is 13.0. The molecular formula is C20H21FN4O3S2. The van der Waals surface area contributed by atoms with Gasteiger partial charge in [0.15, 0.2) is 0 Å². The Labute approximate surface area is 178 Å². The number of likely N-dealkylation sites (tertiary alicyclic amines) is 1. The van der Waals surface area contributed by atoms with Crippen LogP contribution in [-0.4, -0.2) is 43.5 Å². The summed E-state index contributed by atoms with van der Waals surface area (Å²) in [6.07, 6.45) is 1.00. The van der Waals surface area contributed by atoms with Gasteiger partial charge in [-0.15, -0.1) is 11.3 Å². The van der Waals surface area contributed by atoms with E-state index in [0.29, 0.717) is 31.6 Å². The summed E-state index contributed by atoms with van der Waals surface area (Å²) in [5.41, 5.74) is 1.61. The van der Waals surface area contributed by atoms with Crippen LogP contribution in [0.15, 0.2) is 47.4 Å². The molecule has 2 amide bonds. The Balaban J connectivity index is 1.33. The first-order chi connectivity index (χ1) is 14.3. The standard InChI is InChI=1S/C20H21FN4O3S2/c1-13-22-18-7-4-16(12-19(18)29-13)23-20(26)25-10-8-15(9-11-25)24-30(27,28)17-5-2-14(21)3-6-17/h2-7,12,15,24H,8-11H2,1H3,(H,23,26). The quantitative estimate of drug-likeness (QED) is 0.636. The van der Waals surface area contributed by atoms with Crippen LogP contribution in [0.25, 0.3) is 10.2 Å². The fourth-order valence-corrected chi connectivity index (χ4v) is 5.59. The van der Waals surface area contributed by atoms with Gasteiger partial charge in [-0.3, -0.25) is 0 Å². The first-order valence-electron chi connectivity index (χ1n) is 9.51. The van der Waals surface area contributed by atoms with Crippen LogP contribution in [0, 0.1) is 12.7 Å². The van der Waals surface area contributed by atoms with E-state index in [9.17, 15) is 17.6 Å². The number of thiazole rings is 1. The van der Waals surface area contributed by atoms with Crippen LogP contribution in [0.4, 0.5) is 14.9 Å². The van der Waals surface area contributed by atoms with Gasteiger partial charge in [0.05, 0.1) is 20.1 Å². The zero-order valence-electron chi connectivity index (χ0n) is 16.3. The van der Waals surface area contributed by atoms with Gasteiger partial charge in [0.25, 0.3) is 0 Å². The highest BCUT2D eigenvalue weighted by Crippen LogP contribution is 2.25. The zero-order valence-corrected chi connectivity index (χ0v) is 17.9. The summed E-state index contributed by atoms with van der Waals surface area (Å²) in [5.74, 6) is -0.488. The fourth-order valence-electron chi connectivity index (χ4n) is 3.42. The van der Waals surface area contributed by atoms with Crippen LogP contribution in [0.2, 0.25) is 0 Å². The Hall–Kier alpha value is -2.56. The summed E-state index contributed by atoms with van der Waals surface area (Å²) in [6.45, 7) is 2.81. The predicted octanol–water partition coefficient (Wildman–Crippen LogP) is 3.72. The van der Waals surface area contributed by atoms with Crippen molar-refractivity contribution < 1.29 is 17.6 Å². The van der Waals surface area contributed by atoms with Crippen LogP contribution in [-0.2, 0) is 10.0 Å². The number of amides is 2. The highest BCUT2D eigenvalue weighted by atomic mass is 32.2. The zero-order chi connectivity index (χ0) is 21.3. The van der Waals surface area contributed by atoms with Crippen LogP contribution in [0.1, 0.15) is 17.8 Å². The number of nitrogens with one attached hydrogen (secondary N) is 2. The number of piperidine rings is 1. The molecular weight excluding hydrogens is 427 g/mol. The largest absolute Gasteiger partial charge is 0.324 e. The van der Waals surface area contributed by atoms with E-state index in [0.717, 1.165) is 27.4 Å². The number of rotatable bonds is 4. The molecule has 0 radical (unpaired) electrons. The maximum Gasteiger partial charge on any atom is 0.321 e. The minimum atomic E-state index is -3.72. The van der Waals surface area contributed by atoms with Gasteiger partial charge in [0, 0.05) is 24.8 Å².